The predicted molar refractivity (Wildman–Crippen MR) is 403 cm³/mol. The highest BCUT2D eigenvalue weighted by Crippen LogP contribution is 2.36. The van der Waals surface area contributed by atoms with Gasteiger partial charge in [-0.15, -0.1) is 0 Å². The van der Waals surface area contributed by atoms with Gasteiger partial charge in [-0.3, -0.25) is 42.0 Å². The van der Waals surface area contributed by atoms with E-state index in [1.165, 1.54) is 13.2 Å². The molecule has 29 heteroatoms. The summed E-state index contributed by atoms with van der Waals surface area (Å²) in [4.78, 5) is 114. The fourth-order valence-corrected chi connectivity index (χ4v) is 11.1. The normalized spacial score (nSPS) is 11.6. The first-order chi connectivity index (χ1) is 51.1. The number of fused-ring (bicyclic) bond motifs is 3. The molecule has 0 unspecified atom stereocenters. The van der Waals surface area contributed by atoms with Gasteiger partial charge >= 0.3 is 0 Å². The van der Waals surface area contributed by atoms with E-state index in [1.807, 2.05) is 57.2 Å². The van der Waals surface area contributed by atoms with E-state index in [1.54, 1.807) is 183 Å². The van der Waals surface area contributed by atoms with Crippen LogP contribution >= 0.6 is 0 Å². The van der Waals surface area contributed by atoms with Crippen molar-refractivity contribution in [3.8, 4) is 63.2 Å². The van der Waals surface area contributed by atoms with E-state index >= 15 is 0 Å². The third kappa shape index (κ3) is 17.7. The number of aromatic nitrogens is 12. The average molecular weight is 1420 g/mol. The lowest BCUT2D eigenvalue weighted by atomic mass is 10.1. The molecule has 12 N–H and O–H groups in total. The third-order valence-corrected chi connectivity index (χ3v) is 16.1. The predicted octanol–water partition coefficient (Wildman–Crippen LogP) is 9.59. The summed E-state index contributed by atoms with van der Waals surface area (Å²) in [6.07, 6.45) is 17.9. The summed E-state index contributed by atoms with van der Waals surface area (Å²) < 4.78 is 15.8. The van der Waals surface area contributed by atoms with Crippen LogP contribution in [0.2, 0.25) is 0 Å². The number of imidazole rings is 3. The number of hydrogen-bond acceptors (Lipinski definition) is 20. The van der Waals surface area contributed by atoms with Crippen LogP contribution in [-0.4, -0.2) is 114 Å². The molecule has 0 aliphatic rings. The molecular formula is C77H75N21O8. The molecule has 106 heavy (non-hydrogen) atoms. The number of carbonyl (C=O) groups excluding carboxylic acids is 6. The van der Waals surface area contributed by atoms with Gasteiger partial charge in [0.15, 0.2) is 0 Å². The maximum absolute atomic E-state index is 12.9. The zero-order valence-corrected chi connectivity index (χ0v) is 59.5. The summed E-state index contributed by atoms with van der Waals surface area (Å²) >= 11 is 0. The fraction of sp³-hybridized carbons (Fsp3) is 0.182. The molecule has 0 aliphatic heterocycles. The van der Waals surface area contributed by atoms with Gasteiger partial charge in [0, 0.05) is 96.8 Å². The lowest BCUT2D eigenvalue weighted by molar-refractivity contribution is -0.117. The summed E-state index contributed by atoms with van der Waals surface area (Å²) in [6, 6.07) is 28.7. The SMILES string of the molecule is CC#CC(=O)N[C@@H](C)c1nc(-c2ccc(C(=O)Nc3cc(C)ccn3)c(OC)c2)c2c(N)nccn12.CC#CC(=O)N[C@@H](C)c1nc(-c2ccc(C(=O)Nc3cc(C)ccn3)cc2)c2c(N)nccn12.COC/C=C/C(=O)N[C@@H](C)c1nc(-c2ccc(C(=O)Nc3ccc(C)cn3)cc2)c2c(N)nccn12. The molecule has 0 saturated carbocycles. The summed E-state index contributed by atoms with van der Waals surface area (Å²) in [5.41, 5.74) is 28.5. The molecule has 12 rings (SSSR count). The van der Waals surface area contributed by atoms with E-state index in [0.29, 0.717) is 115 Å². The summed E-state index contributed by atoms with van der Waals surface area (Å²) in [5, 5.41) is 16.9. The van der Waals surface area contributed by atoms with Crippen molar-refractivity contribution in [2.24, 2.45) is 0 Å². The van der Waals surface area contributed by atoms with E-state index in [-0.39, 0.29) is 29.4 Å². The summed E-state index contributed by atoms with van der Waals surface area (Å²) in [5.74, 6) is 12.5. The van der Waals surface area contributed by atoms with Crippen molar-refractivity contribution in [1.82, 2.24) is 74.0 Å². The molecular weight excluding hydrogens is 1350 g/mol. The molecule has 3 atom stereocenters. The van der Waals surface area contributed by atoms with Crippen LogP contribution in [0.4, 0.5) is 34.9 Å². The number of rotatable bonds is 19. The first kappa shape index (κ1) is 74.5. The number of amides is 6. The molecule has 0 radical (unpaired) electrons. The van der Waals surface area contributed by atoms with Gasteiger partial charge < -0.3 is 58.6 Å². The molecule has 0 saturated heterocycles. The molecule has 29 nitrogen and oxygen atoms in total. The van der Waals surface area contributed by atoms with Crippen LogP contribution in [0.5, 0.6) is 5.75 Å². The second kappa shape index (κ2) is 34.0. The van der Waals surface area contributed by atoms with Crippen molar-refractivity contribution < 1.29 is 38.2 Å². The third-order valence-electron chi connectivity index (χ3n) is 16.1. The number of pyridine rings is 3. The number of methoxy groups -OCH3 is 2. The Morgan fingerprint density at radius 3 is 1.32 bits per heavy atom. The van der Waals surface area contributed by atoms with Crippen LogP contribution in [-0.2, 0) is 19.1 Å². The fourth-order valence-electron chi connectivity index (χ4n) is 11.1. The minimum Gasteiger partial charge on any atom is -0.496 e. The Hall–Kier alpha value is -14.2. The van der Waals surface area contributed by atoms with Crippen LogP contribution in [0.15, 0.2) is 171 Å². The summed E-state index contributed by atoms with van der Waals surface area (Å²) in [6.45, 7) is 14.8. The van der Waals surface area contributed by atoms with E-state index in [2.05, 4.69) is 85.5 Å². The molecule has 0 spiro atoms. The molecule has 9 aromatic heterocycles. The minimum atomic E-state index is -0.463. The molecule has 0 aliphatic carbocycles. The van der Waals surface area contributed by atoms with Gasteiger partial charge in [-0.1, -0.05) is 54.3 Å². The average Bonchev–Trinajstić information content (AvgIpc) is 1.63. The Bertz CT molecular complexity index is 5450. The van der Waals surface area contributed by atoms with E-state index in [4.69, 9.17) is 41.6 Å². The quantitative estimate of drug-likeness (QED) is 0.0268. The lowest BCUT2D eigenvalue weighted by Gasteiger charge is -2.11. The molecule has 9 heterocycles. The van der Waals surface area contributed by atoms with Crippen molar-refractivity contribution in [3.63, 3.8) is 0 Å². The Balaban J connectivity index is 0.000000170. The number of nitrogens with zero attached hydrogens (tertiary/aromatic N) is 12. The zero-order valence-electron chi connectivity index (χ0n) is 59.5. The Kier molecular flexibility index (Phi) is 23.9. The number of aryl methyl sites for hydroxylation is 3. The Morgan fingerprint density at radius 2 is 0.906 bits per heavy atom. The molecule has 536 valence electrons. The topological polar surface area (TPSA) is 400 Å². The molecule has 3 aromatic carbocycles. The van der Waals surface area contributed by atoms with E-state index in [9.17, 15) is 28.8 Å². The van der Waals surface area contributed by atoms with Crippen molar-refractivity contribution in [2.45, 2.75) is 73.5 Å². The number of benzene rings is 3. The van der Waals surface area contributed by atoms with Crippen molar-refractivity contribution in [1.29, 1.82) is 0 Å². The number of ether oxygens (including phenoxy) is 2. The van der Waals surface area contributed by atoms with Gasteiger partial charge in [0.1, 0.15) is 91.8 Å². The van der Waals surface area contributed by atoms with Gasteiger partial charge in [0.25, 0.3) is 29.5 Å². The van der Waals surface area contributed by atoms with Crippen LogP contribution < -0.4 is 53.8 Å². The Labute approximate surface area is 609 Å². The highest BCUT2D eigenvalue weighted by molar-refractivity contribution is 6.07. The van der Waals surface area contributed by atoms with Crippen LogP contribution in [0.1, 0.15) is 118 Å². The molecule has 6 amide bonds. The van der Waals surface area contributed by atoms with Gasteiger partial charge in [-0.05, 0) is 151 Å². The number of anilines is 6. The smallest absolute Gasteiger partial charge is 0.296 e. The first-order valence-electron chi connectivity index (χ1n) is 33.0. The maximum Gasteiger partial charge on any atom is 0.296 e. The van der Waals surface area contributed by atoms with E-state index < -0.39 is 29.9 Å². The highest BCUT2D eigenvalue weighted by atomic mass is 16.5. The van der Waals surface area contributed by atoms with Gasteiger partial charge in [-0.2, -0.15) is 0 Å². The van der Waals surface area contributed by atoms with Gasteiger partial charge in [-0.25, -0.2) is 44.9 Å². The van der Waals surface area contributed by atoms with Crippen LogP contribution in [0.25, 0.3) is 50.3 Å². The molecule has 12 aromatic rings. The maximum atomic E-state index is 12.9. The number of carbonyl (C=O) groups is 6. The monoisotopic (exact) mass is 1420 g/mol. The highest BCUT2D eigenvalue weighted by Gasteiger charge is 2.26. The number of nitrogen functional groups attached to an aromatic ring is 3. The van der Waals surface area contributed by atoms with Gasteiger partial charge in [0.05, 0.1) is 37.4 Å². The van der Waals surface area contributed by atoms with Gasteiger partial charge in [0.2, 0.25) is 5.91 Å². The number of hydrogen-bond donors (Lipinski definition) is 9. The zero-order chi connectivity index (χ0) is 75.7. The number of nitrogens with two attached hydrogens (primary N) is 3. The lowest BCUT2D eigenvalue weighted by Crippen LogP contribution is -2.26. The standard InChI is InChI=1S/C26H27N7O3.C26H25N7O3.C25H23N7O2/c1-16-6-11-20(29-15-16)31-26(35)19-9-7-18(8-10-19)22-23-24(27)28-12-13-33(23)25(32-22)17(2)30-21(34)5-4-14-36-3;1-5-6-21(34)30-16(3)25-32-22(23-24(27)29-11-12-33(23)25)17-7-8-18(19(14-17)36-4)26(35)31-20-13-15(2)9-10-28-20;1-4-5-20(33)29-16(3)24-31-21(22-23(26)28-12-13-32(22)24)17-6-8-18(9-7-17)25(34)30-19-14-15(2)10-11-27-19/h4-13,15,17H,14H2,1-3H3,(H2,27,28)(H,30,34)(H,29,31,35);7-14,16H,1-4H3,(H2,27,29)(H,30,34)(H,28,31,35);6-14,16H,1-3H3,(H2,26,28)(H,29,33)(H,27,30,34)/b5-4+;;/t17-;2*16-/m000/s1. The second-order valence-corrected chi connectivity index (χ2v) is 23.9. The van der Waals surface area contributed by atoms with E-state index in [0.717, 1.165) is 27.8 Å². The van der Waals surface area contributed by atoms with Crippen molar-refractivity contribution in [2.75, 3.05) is 54.0 Å². The number of nitrogens with one attached hydrogen (secondary N) is 6. The van der Waals surface area contributed by atoms with Crippen LogP contribution in [0.3, 0.4) is 0 Å². The molecule has 0 fully saturated rings. The molecule has 0 bridgehead atoms. The minimum absolute atomic E-state index is 0.265. The van der Waals surface area contributed by atoms with Crippen molar-refractivity contribution in [3.05, 3.63) is 222 Å². The first-order valence-corrected chi connectivity index (χ1v) is 33.0. The van der Waals surface area contributed by atoms with Crippen molar-refractivity contribution >= 4 is 86.9 Å². The Morgan fingerprint density at radius 1 is 0.481 bits per heavy atom. The van der Waals surface area contributed by atoms with Crippen LogP contribution in [0, 0.1) is 44.5 Å². The summed E-state index contributed by atoms with van der Waals surface area (Å²) in [7, 11) is 3.04. The second-order valence-electron chi connectivity index (χ2n) is 23.9. The largest absolute Gasteiger partial charge is 0.496 e.